The normalized spacial score (nSPS) is 18.7. The first-order chi connectivity index (χ1) is 10.1. The van der Waals surface area contributed by atoms with E-state index in [1.165, 1.54) is 24.8 Å². The Morgan fingerprint density at radius 1 is 1.29 bits per heavy atom. The topological polar surface area (TPSA) is 44.4 Å². The lowest BCUT2D eigenvalue weighted by Gasteiger charge is -2.23. The van der Waals surface area contributed by atoms with Crippen LogP contribution in [0.2, 0.25) is 0 Å². The molecule has 4 heteroatoms. The summed E-state index contributed by atoms with van der Waals surface area (Å²) in [5.74, 6) is 0.114. The zero-order chi connectivity index (χ0) is 15.1. The van der Waals surface area contributed by atoms with Gasteiger partial charge >= 0.3 is 0 Å². The lowest BCUT2D eigenvalue weighted by atomic mass is 10.0. The van der Waals surface area contributed by atoms with Gasteiger partial charge in [0.15, 0.2) is 0 Å². The summed E-state index contributed by atoms with van der Waals surface area (Å²) in [5.41, 5.74) is 2.14. The second-order valence-electron chi connectivity index (χ2n) is 6.17. The maximum atomic E-state index is 12.0. The van der Waals surface area contributed by atoms with E-state index in [1.54, 1.807) is 0 Å². The van der Waals surface area contributed by atoms with Crippen LogP contribution in [0.4, 0.5) is 5.69 Å². The van der Waals surface area contributed by atoms with E-state index >= 15 is 0 Å². The Morgan fingerprint density at radius 3 is 2.67 bits per heavy atom. The van der Waals surface area contributed by atoms with E-state index in [4.69, 9.17) is 0 Å². The van der Waals surface area contributed by atoms with Gasteiger partial charge in [0.05, 0.1) is 0 Å². The molecule has 0 radical (unpaired) electrons. The van der Waals surface area contributed by atoms with Crippen molar-refractivity contribution in [3.8, 4) is 0 Å². The molecule has 1 amide bonds. The molecule has 116 valence electrons. The van der Waals surface area contributed by atoms with Crippen LogP contribution in [0.5, 0.6) is 0 Å². The van der Waals surface area contributed by atoms with Gasteiger partial charge in [-0.15, -0.1) is 0 Å². The van der Waals surface area contributed by atoms with Gasteiger partial charge < -0.3 is 15.5 Å². The fraction of sp³-hybridized carbons (Fsp3) is 0.588. The van der Waals surface area contributed by atoms with Crippen molar-refractivity contribution in [3.63, 3.8) is 0 Å². The molecular formula is C17H27N3O. The summed E-state index contributed by atoms with van der Waals surface area (Å²) in [7, 11) is 4.10. The number of rotatable bonds is 6. The number of hydrogen-bond acceptors (Lipinski definition) is 3. The highest BCUT2D eigenvalue weighted by Gasteiger charge is 2.14. The number of nitrogens with zero attached hydrogens (tertiary/aromatic N) is 1. The third kappa shape index (κ3) is 5.86. The lowest BCUT2D eigenvalue weighted by Crippen LogP contribution is -2.34. The van der Waals surface area contributed by atoms with E-state index in [9.17, 15) is 4.79 Å². The summed E-state index contributed by atoms with van der Waals surface area (Å²) >= 11 is 0. The van der Waals surface area contributed by atoms with Crippen LogP contribution in [-0.2, 0) is 11.3 Å². The van der Waals surface area contributed by atoms with E-state index in [0.29, 0.717) is 12.5 Å². The molecule has 1 atom stereocenters. The van der Waals surface area contributed by atoms with E-state index in [2.05, 4.69) is 41.8 Å². The minimum absolute atomic E-state index is 0.114. The number of amides is 1. The van der Waals surface area contributed by atoms with Gasteiger partial charge in [-0.3, -0.25) is 4.79 Å². The third-order valence-electron chi connectivity index (χ3n) is 3.87. The molecule has 2 rings (SSSR count). The van der Waals surface area contributed by atoms with Crippen LogP contribution in [0.25, 0.3) is 0 Å². The highest BCUT2D eigenvalue weighted by molar-refractivity contribution is 5.90. The molecule has 2 N–H and O–H groups in total. The molecular weight excluding hydrogens is 262 g/mol. The molecule has 1 aliphatic rings. The van der Waals surface area contributed by atoms with Crippen molar-refractivity contribution in [1.82, 2.24) is 10.2 Å². The number of carbonyl (C=O) groups is 1. The summed E-state index contributed by atoms with van der Waals surface area (Å²) < 4.78 is 0. The highest BCUT2D eigenvalue weighted by atomic mass is 16.1. The van der Waals surface area contributed by atoms with Crippen LogP contribution < -0.4 is 10.6 Å². The Kier molecular flexibility index (Phi) is 6.21. The molecule has 0 spiro atoms. The van der Waals surface area contributed by atoms with E-state index in [-0.39, 0.29) is 5.91 Å². The molecule has 1 aliphatic heterocycles. The smallest absolute Gasteiger partial charge is 0.224 e. The quantitative estimate of drug-likeness (QED) is 0.846. The highest BCUT2D eigenvalue weighted by Crippen LogP contribution is 2.14. The minimum atomic E-state index is 0.114. The van der Waals surface area contributed by atoms with Crippen LogP contribution in [-0.4, -0.2) is 37.5 Å². The van der Waals surface area contributed by atoms with Crippen molar-refractivity contribution >= 4 is 11.6 Å². The fourth-order valence-electron chi connectivity index (χ4n) is 2.76. The minimum Gasteiger partial charge on any atom is -0.326 e. The van der Waals surface area contributed by atoms with Crippen molar-refractivity contribution in [2.45, 2.75) is 44.7 Å². The Morgan fingerprint density at radius 2 is 2.05 bits per heavy atom. The summed E-state index contributed by atoms with van der Waals surface area (Å²) in [4.78, 5) is 14.1. The van der Waals surface area contributed by atoms with Crippen LogP contribution in [0.15, 0.2) is 24.3 Å². The van der Waals surface area contributed by atoms with Gasteiger partial charge in [0.25, 0.3) is 0 Å². The maximum Gasteiger partial charge on any atom is 0.224 e. The summed E-state index contributed by atoms with van der Waals surface area (Å²) in [6.07, 6.45) is 5.28. The fourth-order valence-corrected chi connectivity index (χ4v) is 2.76. The van der Waals surface area contributed by atoms with Crippen molar-refractivity contribution < 1.29 is 4.79 Å². The molecule has 1 aromatic rings. The average molecular weight is 289 g/mol. The Bertz CT molecular complexity index is 436. The standard InChI is InChI=1S/C17H27N3O/c1-20(2)13-14-6-8-16(9-7-14)19-17(21)11-10-15-5-3-4-12-18-15/h6-9,15,18H,3-5,10-13H2,1-2H3,(H,19,21). The van der Waals surface area contributed by atoms with Gasteiger partial charge in [-0.05, 0) is 57.6 Å². The molecule has 21 heavy (non-hydrogen) atoms. The Hall–Kier alpha value is -1.39. The summed E-state index contributed by atoms with van der Waals surface area (Å²) in [6.45, 7) is 2.02. The zero-order valence-electron chi connectivity index (χ0n) is 13.2. The van der Waals surface area contributed by atoms with Crippen LogP contribution in [0, 0.1) is 0 Å². The second kappa shape index (κ2) is 8.15. The summed E-state index contributed by atoms with van der Waals surface area (Å²) in [5, 5.41) is 6.46. The molecule has 1 heterocycles. The predicted molar refractivity (Wildman–Crippen MR) is 87.3 cm³/mol. The number of benzene rings is 1. The molecule has 0 saturated carbocycles. The molecule has 1 unspecified atom stereocenters. The molecule has 0 aliphatic carbocycles. The van der Waals surface area contributed by atoms with Gasteiger partial charge in [0.1, 0.15) is 0 Å². The van der Waals surface area contributed by atoms with Crippen molar-refractivity contribution in [3.05, 3.63) is 29.8 Å². The average Bonchev–Trinajstić information content (AvgIpc) is 2.48. The predicted octanol–water partition coefficient (Wildman–Crippen LogP) is 2.61. The maximum absolute atomic E-state index is 12.0. The molecule has 0 bridgehead atoms. The largest absolute Gasteiger partial charge is 0.326 e. The number of nitrogens with one attached hydrogen (secondary N) is 2. The summed E-state index contributed by atoms with van der Waals surface area (Å²) in [6, 6.07) is 8.62. The van der Waals surface area contributed by atoms with Gasteiger partial charge in [-0.2, -0.15) is 0 Å². The first-order valence-electron chi connectivity index (χ1n) is 7.90. The monoisotopic (exact) mass is 289 g/mol. The van der Waals surface area contributed by atoms with Gasteiger partial charge in [0.2, 0.25) is 5.91 Å². The second-order valence-corrected chi connectivity index (χ2v) is 6.17. The number of hydrogen-bond donors (Lipinski definition) is 2. The first kappa shape index (κ1) is 16.0. The zero-order valence-corrected chi connectivity index (χ0v) is 13.2. The van der Waals surface area contributed by atoms with Crippen molar-refractivity contribution in [2.75, 3.05) is 26.0 Å². The van der Waals surface area contributed by atoms with Crippen LogP contribution >= 0.6 is 0 Å². The van der Waals surface area contributed by atoms with Gasteiger partial charge in [0, 0.05) is 24.7 Å². The van der Waals surface area contributed by atoms with Crippen LogP contribution in [0.1, 0.15) is 37.7 Å². The Labute approximate surface area is 127 Å². The molecule has 4 nitrogen and oxygen atoms in total. The van der Waals surface area contributed by atoms with E-state index in [1.807, 2.05) is 12.1 Å². The van der Waals surface area contributed by atoms with Gasteiger partial charge in [-0.25, -0.2) is 0 Å². The SMILES string of the molecule is CN(C)Cc1ccc(NC(=O)CCC2CCCCN2)cc1. The molecule has 1 saturated heterocycles. The van der Waals surface area contributed by atoms with Crippen LogP contribution in [0.3, 0.4) is 0 Å². The van der Waals surface area contributed by atoms with Crippen molar-refractivity contribution in [2.24, 2.45) is 0 Å². The lowest BCUT2D eigenvalue weighted by molar-refractivity contribution is -0.116. The first-order valence-corrected chi connectivity index (χ1v) is 7.90. The number of piperidine rings is 1. The van der Waals surface area contributed by atoms with Gasteiger partial charge in [-0.1, -0.05) is 18.6 Å². The number of anilines is 1. The third-order valence-corrected chi connectivity index (χ3v) is 3.87. The molecule has 1 aromatic carbocycles. The van der Waals surface area contributed by atoms with E-state index < -0.39 is 0 Å². The molecule has 1 fully saturated rings. The molecule has 0 aromatic heterocycles. The Balaban J connectivity index is 1.74. The number of carbonyl (C=O) groups excluding carboxylic acids is 1. The van der Waals surface area contributed by atoms with E-state index in [0.717, 1.165) is 25.2 Å². The van der Waals surface area contributed by atoms with Crippen molar-refractivity contribution in [1.29, 1.82) is 0 Å².